The quantitative estimate of drug-likeness (QED) is 0.685. The summed E-state index contributed by atoms with van der Waals surface area (Å²) in [6.07, 6.45) is 1.89. The number of amides is 1. The van der Waals surface area contributed by atoms with Crippen molar-refractivity contribution in [3.05, 3.63) is 53.2 Å². The molecule has 3 aromatic rings. The van der Waals surface area contributed by atoms with Gasteiger partial charge in [0.25, 0.3) is 0 Å². The average molecular weight is 373 g/mol. The number of ether oxygens (including phenoxy) is 2. The van der Waals surface area contributed by atoms with Crippen LogP contribution in [-0.2, 0) is 11.3 Å². The number of nitrogens with one attached hydrogen (secondary N) is 1. The Balaban J connectivity index is 1.78. The summed E-state index contributed by atoms with van der Waals surface area (Å²) in [5.74, 6) is 1.22. The van der Waals surface area contributed by atoms with Gasteiger partial charge in [0.2, 0.25) is 5.91 Å². The van der Waals surface area contributed by atoms with Crippen LogP contribution in [0.15, 0.2) is 42.6 Å². The highest BCUT2D eigenvalue weighted by molar-refractivity contribution is 6.31. The molecule has 6 heteroatoms. The zero-order valence-electron chi connectivity index (χ0n) is 15.0. The maximum atomic E-state index is 12.5. The molecule has 3 rings (SSSR count). The molecule has 0 unspecified atom stereocenters. The van der Waals surface area contributed by atoms with Crippen LogP contribution >= 0.6 is 11.6 Å². The van der Waals surface area contributed by atoms with Gasteiger partial charge >= 0.3 is 0 Å². The Morgan fingerprint density at radius 3 is 2.77 bits per heavy atom. The Morgan fingerprint density at radius 2 is 2.04 bits per heavy atom. The first kappa shape index (κ1) is 18.1. The summed E-state index contributed by atoms with van der Waals surface area (Å²) in [5, 5.41) is 4.53. The fraction of sp³-hybridized carbons (Fsp3) is 0.250. The maximum absolute atomic E-state index is 12.5. The van der Waals surface area contributed by atoms with Gasteiger partial charge in [-0.05, 0) is 49.7 Å². The van der Waals surface area contributed by atoms with Gasteiger partial charge in [-0.25, -0.2) is 0 Å². The van der Waals surface area contributed by atoms with Crippen molar-refractivity contribution in [1.29, 1.82) is 0 Å². The molecule has 0 atom stereocenters. The normalized spacial score (nSPS) is 10.8. The molecule has 0 bridgehead atoms. The van der Waals surface area contributed by atoms with Gasteiger partial charge in [0, 0.05) is 28.2 Å². The number of carbonyl (C=O) groups excluding carboxylic acids is 1. The molecule has 0 saturated carbocycles. The zero-order valence-corrected chi connectivity index (χ0v) is 15.8. The summed E-state index contributed by atoms with van der Waals surface area (Å²) >= 11 is 6.11. The summed E-state index contributed by atoms with van der Waals surface area (Å²) in [6, 6.07) is 11.3. The Kier molecular flexibility index (Phi) is 5.38. The molecule has 0 aliphatic carbocycles. The van der Waals surface area contributed by atoms with Gasteiger partial charge in [-0.2, -0.15) is 0 Å². The number of methoxy groups -OCH3 is 1. The van der Waals surface area contributed by atoms with Gasteiger partial charge in [-0.15, -0.1) is 0 Å². The SMILES string of the molecule is CCOc1ccc2c(ccn2CC(=O)Nc2cc(C)c(Cl)cc2OC)c1. The molecular formula is C20H21ClN2O3. The summed E-state index contributed by atoms with van der Waals surface area (Å²) in [7, 11) is 1.55. The van der Waals surface area contributed by atoms with E-state index in [1.807, 2.05) is 48.9 Å². The number of hydrogen-bond acceptors (Lipinski definition) is 3. The van der Waals surface area contributed by atoms with Crippen LogP contribution in [0.4, 0.5) is 5.69 Å². The number of nitrogens with zero attached hydrogens (tertiary/aromatic N) is 1. The van der Waals surface area contributed by atoms with Crippen LogP contribution in [0.2, 0.25) is 5.02 Å². The highest BCUT2D eigenvalue weighted by Gasteiger charge is 2.12. The van der Waals surface area contributed by atoms with E-state index in [9.17, 15) is 4.79 Å². The largest absolute Gasteiger partial charge is 0.495 e. The maximum Gasteiger partial charge on any atom is 0.244 e. The van der Waals surface area contributed by atoms with Crippen molar-refractivity contribution in [3.8, 4) is 11.5 Å². The smallest absolute Gasteiger partial charge is 0.244 e. The van der Waals surface area contributed by atoms with Gasteiger partial charge in [0.05, 0.1) is 19.4 Å². The second-order valence-corrected chi connectivity index (χ2v) is 6.35. The Morgan fingerprint density at radius 1 is 1.23 bits per heavy atom. The fourth-order valence-electron chi connectivity index (χ4n) is 2.85. The summed E-state index contributed by atoms with van der Waals surface area (Å²) < 4.78 is 12.7. The molecule has 1 heterocycles. The highest BCUT2D eigenvalue weighted by atomic mass is 35.5. The number of halogens is 1. The van der Waals surface area contributed by atoms with Crippen molar-refractivity contribution in [2.24, 2.45) is 0 Å². The Labute approximate surface area is 157 Å². The van der Waals surface area contributed by atoms with Crippen molar-refractivity contribution >= 4 is 34.1 Å². The van der Waals surface area contributed by atoms with Crippen molar-refractivity contribution in [1.82, 2.24) is 4.57 Å². The van der Waals surface area contributed by atoms with Gasteiger partial charge in [0.15, 0.2) is 0 Å². The van der Waals surface area contributed by atoms with Crippen molar-refractivity contribution in [2.75, 3.05) is 19.0 Å². The summed E-state index contributed by atoms with van der Waals surface area (Å²) in [6.45, 7) is 4.65. The van der Waals surface area contributed by atoms with Crippen molar-refractivity contribution in [2.45, 2.75) is 20.4 Å². The van der Waals surface area contributed by atoms with E-state index < -0.39 is 0 Å². The first-order valence-electron chi connectivity index (χ1n) is 8.37. The van der Waals surface area contributed by atoms with E-state index in [1.165, 1.54) is 0 Å². The summed E-state index contributed by atoms with van der Waals surface area (Å²) in [4.78, 5) is 12.5. The molecule has 1 aromatic heterocycles. The lowest BCUT2D eigenvalue weighted by atomic mass is 10.2. The summed E-state index contributed by atoms with van der Waals surface area (Å²) in [5.41, 5.74) is 2.45. The monoisotopic (exact) mass is 372 g/mol. The predicted molar refractivity (Wildman–Crippen MR) is 104 cm³/mol. The third-order valence-electron chi connectivity index (χ3n) is 4.12. The number of rotatable bonds is 6. The molecule has 2 aromatic carbocycles. The molecule has 26 heavy (non-hydrogen) atoms. The molecule has 0 fully saturated rings. The van der Waals surface area contributed by atoms with E-state index in [-0.39, 0.29) is 12.5 Å². The lowest BCUT2D eigenvalue weighted by molar-refractivity contribution is -0.116. The number of hydrogen-bond donors (Lipinski definition) is 1. The second-order valence-electron chi connectivity index (χ2n) is 5.95. The number of anilines is 1. The average Bonchev–Trinajstić information content (AvgIpc) is 3.00. The minimum Gasteiger partial charge on any atom is -0.495 e. The van der Waals surface area contributed by atoms with E-state index in [0.717, 1.165) is 22.2 Å². The van der Waals surface area contributed by atoms with E-state index >= 15 is 0 Å². The molecule has 0 aliphatic heterocycles. The minimum atomic E-state index is -0.142. The van der Waals surface area contributed by atoms with E-state index in [4.69, 9.17) is 21.1 Å². The molecule has 0 aliphatic rings. The molecule has 0 saturated heterocycles. The van der Waals surface area contributed by atoms with Crippen LogP contribution < -0.4 is 14.8 Å². The topological polar surface area (TPSA) is 52.5 Å². The lowest BCUT2D eigenvalue weighted by Crippen LogP contribution is -2.18. The van der Waals surface area contributed by atoms with Gasteiger partial charge in [-0.1, -0.05) is 11.6 Å². The number of carbonyl (C=O) groups is 1. The predicted octanol–water partition coefficient (Wildman–Crippen LogP) is 4.65. The molecule has 136 valence electrons. The lowest BCUT2D eigenvalue weighted by Gasteiger charge is -2.13. The second kappa shape index (κ2) is 7.70. The van der Waals surface area contributed by atoms with Crippen LogP contribution in [-0.4, -0.2) is 24.2 Å². The number of aromatic nitrogens is 1. The molecule has 1 N–H and O–H groups in total. The van der Waals surface area contributed by atoms with Crippen LogP contribution in [0.5, 0.6) is 11.5 Å². The number of aryl methyl sites for hydroxylation is 1. The van der Waals surface area contributed by atoms with Crippen LogP contribution in [0.3, 0.4) is 0 Å². The fourth-order valence-corrected chi connectivity index (χ4v) is 3.00. The van der Waals surface area contributed by atoms with Gasteiger partial charge in [-0.3, -0.25) is 4.79 Å². The minimum absolute atomic E-state index is 0.142. The van der Waals surface area contributed by atoms with Crippen LogP contribution in [0.25, 0.3) is 10.9 Å². The van der Waals surface area contributed by atoms with Gasteiger partial charge in [0.1, 0.15) is 18.0 Å². The Hall–Kier alpha value is -2.66. The highest BCUT2D eigenvalue weighted by Crippen LogP contribution is 2.31. The molecular weight excluding hydrogens is 352 g/mol. The first-order chi connectivity index (χ1) is 12.5. The molecule has 0 spiro atoms. The van der Waals surface area contributed by atoms with Crippen molar-refractivity contribution in [3.63, 3.8) is 0 Å². The van der Waals surface area contributed by atoms with Crippen LogP contribution in [0, 0.1) is 6.92 Å². The molecule has 0 radical (unpaired) electrons. The third kappa shape index (κ3) is 3.78. The van der Waals surface area contributed by atoms with E-state index in [1.54, 1.807) is 19.2 Å². The number of benzene rings is 2. The van der Waals surface area contributed by atoms with Crippen LogP contribution in [0.1, 0.15) is 12.5 Å². The van der Waals surface area contributed by atoms with E-state index in [0.29, 0.717) is 23.1 Å². The molecule has 1 amide bonds. The molecule has 5 nitrogen and oxygen atoms in total. The van der Waals surface area contributed by atoms with Crippen molar-refractivity contribution < 1.29 is 14.3 Å². The van der Waals surface area contributed by atoms with E-state index in [2.05, 4.69) is 5.32 Å². The Bertz CT molecular complexity index is 950. The van der Waals surface area contributed by atoms with Gasteiger partial charge < -0.3 is 19.4 Å². The standard InChI is InChI=1S/C20H21ClN2O3/c1-4-26-15-5-6-18-14(10-15)7-8-23(18)12-20(24)22-17-9-13(2)16(21)11-19(17)25-3/h5-11H,4,12H2,1-3H3,(H,22,24). The zero-order chi connectivity index (χ0) is 18.7. The first-order valence-corrected chi connectivity index (χ1v) is 8.75. The third-order valence-corrected chi connectivity index (χ3v) is 4.53. The number of fused-ring (bicyclic) bond motifs is 1.